The number of methoxy groups -OCH3 is 2. The first kappa shape index (κ1) is 43.3. The molecular weight excluding hydrogens is 718 g/mol. The summed E-state index contributed by atoms with van der Waals surface area (Å²) in [6.45, 7) is 10.2. The maximum atomic E-state index is 13.0. The lowest BCUT2D eigenvalue weighted by Crippen LogP contribution is -2.63. The van der Waals surface area contributed by atoms with E-state index in [2.05, 4.69) is 15.8 Å². The molecule has 2 aromatic carbocycles. The Balaban J connectivity index is 1.62. The Morgan fingerprint density at radius 3 is 2.35 bits per heavy atom. The average molecular weight is 776 g/mol. The highest BCUT2D eigenvalue weighted by Crippen LogP contribution is 2.45. The molecule has 1 amide bonds. The number of carbonyl (C=O) groups excluding carboxylic acids is 1. The molecule has 306 valence electrons. The van der Waals surface area contributed by atoms with Crippen LogP contribution in [-0.4, -0.2) is 120 Å². The van der Waals surface area contributed by atoms with E-state index in [1.165, 1.54) is 4.90 Å². The van der Waals surface area contributed by atoms with Crippen LogP contribution >= 0.6 is 0 Å². The molecule has 2 aliphatic rings. The lowest BCUT2D eigenvalue weighted by atomic mass is 9.69. The maximum absolute atomic E-state index is 13.0. The van der Waals surface area contributed by atoms with Crippen LogP contribution in [0.3, 0.4) is 0 Å². The summed E-state index contributed by atoms with van der Waals surface area (Å²) in [5.74, 6) is -0.0903. The summed E-state index contributed by atoms with van der Waals surface area (Å²) in [6.07, 6.45) is -1.14. The minimum absolute atomic E-state index is 0.0172. The Bertz CT molecular complexity index is 1500. The van der Waals surface area contributed by atoms with Gasteiger partial charge in [-0.25, -0.2) is 9.59 Å². The fraction of sp³-hybridized carbons (Fsp3) is 0.641. The molecule has 0 spiro atoms. The summed E-state index contributed by atoms with van der Waals surface area (Å²) < 4.78 is 39.8. The molecule has 4 rings (SSSR count). The number of hydrogen-bond donors (Lipinski definition) is 1. The van der Waals surface area contributed by atoms with Gasteiger partial charge < -0.3 is 52.9 Å². The number of anilines is 1. The number of fused-ring (bicyclic) bond motifs is 1. The van der Waals surface area contributed by atoms with Crippen molar-refractivity contribution in [2.24, 2.45) is 11.3 Å². The molecule has 2 aliphatic heterocycles. The van der Waals surface area contributed by atoms with E-state index < -0.39 is 40.8 Å². The quantitative estimate of drug-likeness (QED) is 0.0684. The Kier molecular flexibility index (Phi) is 17.1. The monoisotopic (exact) mass is 775 g/mol. The first-order chi connectivity index (χ1) is 26.4. The lowest BCUT2D eigenvalue weighted by molar-refractivity contribution is -0.757. The van der Waals surface area contributed by atoms with Gasteiger partial charge in [0, 0.05) is 45.8 Å². The van der Waals surface area contributed by atoms with Crippen molar-refractivity contribution in [2.45, 2.75) is 71.3 Å². The van der Waals surface area contributed by atoms with Crippen LogP contribution in [0.5, 0.6) is 5.75 Å². The number of amides is 1. The fourth-order valence-electron chi connectivity index (χ4n) is 7.21. The molecule has 0 radical (unpaired) electrons. The number of piperidine rings is 1. The number of likely N-dealkylation sites (tertiary alicyclic amines) is 1. The maximum Gasteiger partial charge on any atom is 0.508 e. The summed E-state index contributed by atoms with van der Waals surface area (Å²) in [4.78, 5) is 44.0. The van der Waals surface area contributed by atoms with E-state index in [0.717, 1.165) is 47.6 Å². The number of nitrogens with zero attached hydrogens (tertiary/aromatic N) is 3. The van der Waals surface area contributed by atoms with Crippen LogP contribution in [0.25, 0.3) is 0 Å². The van der Waals surface area contributed by atoms with Crippen LogP contribution in [0, 0.1) is 21.4 Å². The van der Waals surface area contributed by atoms with Crippen molar-refractivity contribution in [3.8, 4) is 5.75 Å². The van der Waals surface area contributed by atoms with Crippen LogP contribution in [0.4, 0.5) is 15.3 Å². The molecule has 1 unspecified atom stereocenters. The zero-order valence-electron chi connectivity index (χ0n) is 32.6. The largest absolute Gasteiger partial charge is 0.508 e. The van der Waals surface area contributed by atoms with E-state index in [-0.39, 0.29) is 38.9 Å². The molecule has 2 heterocycles. The number of hydrogen-bond acceptors (Lipinski definition) is 13. The van der Waals surface area contributed by atoms with Crippen LogP contribution in [-0.2, 0) is 46.5 Å². The third kappa shape index (κ3) is 13.1. The van der Waals surface area contributed by atoms with Gasteiger partial charge in [-0.3, -0.25) is 0 Å². The fourth-order valence-corrected chi connectivity index (χ4v) is 7.21. The first-order valence-corrected chi connectivity index (χ1v) is 18.8. The van der Waals surface area contributed by atoms with Gasteiger partial charge in [-0.15, -0.1) is 10.1 Å². The van der Waals surface area contributed by atoms with E-state index in [9.17, 15) is 24.8 Å². The SMILES string of the molecule is COCCCN1CCOc2ccc(CO[C@H]3C(C(C)(C)C)N(C(=O)O)C[C@@H](COC(=O)OCCCCO[N+](=O)[O-])[C@@H]3c3ccc(COCCOC)cc3)cc21. The number of unbranched alkanes of at least 4 members (excludes halogenated alkanes) is 1. The summed E-state index contributed by atoms with van der Waals surface area (Å²) in [6, 6.07) is 13.4. The highest BCUT2D eigenvalue weighted by atomic mass is 16.9. The lowest BCUT2D eigenvalue weighted by Gasteiger charge is -2.52. The van der Waals surface area contributed by atoms with Crippen LogP contribution < -0.4 is 9.64 Å². The third-order valence-electron chi connectivity index (χ3n) is 9.71. The standard InChI is InChI=1S/C39H57N3O13/c1-39(2,3)36-35(53-26-29-11-14-33-32(23-29)40(16-20-51-33)15-8-17-48-4)34(30-12-9-28(10-13-30)25-50-22-21-49-5)31(24-41(36)37(43)44)27-54-38(45)52-18-6-7-19-55-42(46)47/h9-14,23,31,34-36H,6-8,15-22,24-27H2,1-5H3,(H,43,44)/t31-,34-,35+,36?/m0/s1. The van der Waals surface area contributed by atoms with E-state index in [1.54, 1.807) is 14.2 Å². The molecule has 16 heteroatoms. The topological polar surface area (TPSA) is 178 Å². The molecule has 4 atom stereocenters. The van der Waals surface area contributed by atoms with Crippen molar-refractivity contribution >= 4 is 17.9 Å². The second kappa shape index (κ2) is 21.6. The van der Waals surface area contributed by atoms with Gasteiger partial charge in [-0.05, 0) is 53.5 Å². The summed E-state index contributed by atoms with van der Waals surface area (Å²) >= 11 is 0. The predicted molar refractivity (Wildman–Crippen MR) is 201 cm³/mol. The zero-order valence-corrected chi connectivity index (χ0v) is 32.6. The van der Waals surface area contributed by atoms with Crippen molar-refractivity contribution in [3.05, 3.63) is 69.3 Å². The van der Waals surface area contributed by atoms with Crippen molar-refractivity contribution in [1.82, 2.24) is 4.90 Å². The smallest absolute Gasteiger partial charge is 0.490 e. The second-order valence-electron chi connectivity index (χ2n) is 14.8. The Morgan fingerprint density at radius 1 is 0.927 bits per heavy atom. The molecule has 0 saturated carbocycles. The highest BCUT2D eigenvalue weighted by molar-refractivity contribution is 5.66. The highest BCUT2D eigenvalue weighted by Gasteiger charge is 2.51. The van der Waals surface area contributed by atoms with E-state index in [4.69, 9.17) is 33.2 Å². The van der Waals surface area contributed by atoms with Crippen LogP contribution in [0.1, 0.15) is 62.6 Å². The first-order valence-electron chi connectivity index (χ1n) is 18.8. The normalized spacial score (nSPS) is 19.7. The Hall–Kier alpha value is -4.38. The molecule has 55 heavy (non-hydrogen) atoms. The molecule has 1 N–H and O–H groups in total. The zero-order chi connectivity index (χ0) is 39.8. The van der Waals surface area contributed by atoms with Gasteiger partial charge in [-0.1, -0.05) is 51.1 Å². The summed E-state index contributed by atoms with van der Waals surface area (Å²) in [7, 11) is 3.31. The third-order valence-corrected chi connectivity index (χ3v) is 9.71. The minimum Gasteiger partial charge on any atom is -0.490 e. The second-order valence-corrected chi connectivity index (χ2v) is 14.8. The molecule has 2 aromatic rings. The number of benzene rings is 2. The van der Waals surface area contributed by atoms with Gasteiger partial charge in [0.2, 0.25) is 0 Å². The number of rotatable bonds is 21. The number of carbonyl (C=O) groups is 2. The van der Waals surface area contributed by atoms with Crippen molar-refractivity contribution in [1.29, 1.82) is 0 Å². The average Bonchev–Trinajstić information content (AvgIpc) is 3.15. The molecule has 1 saturated heterocycles. The van der Waals surface area contributed by atoms with E-state index in [1.807, 2.05) is 57.2 Å². The van der Waals surface area contributed by atoms with Crippen LogP contribution in [0.15, 0.2) is 42.5 Å². The molecule has 0 aliphatic carbocycles. The number of carboxylic acid groups (broad SMARTS) is 1. The minimum atomic E-state index is -1.10. The molecule has 0 bridgehead atoms. The molecular formula is C39H57N3O13. The summed E-state index contributed by atoms with van der Waals surface area (Å²) in [5.41, 5.74) is 3.20. The van der Waals surface area contributed by atoms with Gasteiger partial charge in [-0.2, -0.15) is 0 Å². The van der Waals surface area contributed by atoms with Crippen molar-refractivity contribution in [3.63, 3.8) is 0 Å². The predicted octanol–water partition coefficient (Wildman–Crippen LogP) is 5.92. The molecule has 1 fully saturated rings. The van der Waals surface area contributed by atoms with E-state index >= 15 is 0 Å². The van der Waals surface area contributed by atoms with Gasteiger partial charge in [0.05, 0.1) is 64.0 Å². The van der Waals surface area contributed by atoms with Gasteiger partial charge in [0.15, 0.2) is 0 Å². The van der Waals surface area contributed by atoms with Gasteiger partial charge in [0.1, 0.15) is 19.0 Å². The Labute approximate surface area is 322 Å². The van der Waals surface area contributed by atoms with Crippen molar-refractivity contribution in [2.75, 3.05) is 85.0 Å². The Morgan fingerprint density at radius 2 is 1.65 bits per heavy atom. The van der Waals surface area contributed by atoms with Gasteiger partial charge >= 0.3 is 12.2 Å². The summed E-state index contributed by atoms with van der Waals surface area (Å²) in [5, 5.41) is 20.1. The van der Waals surface area contributed by atoms with E-state index in [0.29, 0.717) is 45.9 Å². The van der Waals surface area contributed by atoms with Crippen LogP contribution in [0.2, 0.25) is 0 Å². The number of ether oxygens (including phenoxy) is 7. The molecule has 0 aromatic heterocycles. The van der Waals surface area contributed by atoms with Gasteiger partial charge in [0.25, 0.3) is 5.09 Å². The molecule has 16 nitrogen and oxygen atoms in total. The van der Waals surface area contributed by atoms with Crippen molar-refractivity contribution < 1.29 is 57.8 Å².